The number of esters is 1. The fraction of sp³-hybridized carbons (Fsp3) is 0.679. The lowest BCUT2D eigenvalue weighted by Gasteiger charge is -2.46. The molecule has 2 atom stereocenters. The monoisotopic (exact) mass is 516 g/mol. The van der Waals surface area contributed by atoms with Crippen molar-refractivity contribution in [3.05, 3.63) is 35.6 Å². The standard InChI is InChI=1S/C28H41FN4O4/c1-2-37-27(36)28(21-6-4-3-5-7-21)12-16-33(17-13-28)26(35)23(18-20-8-10-22(29)11-9-20)32-25(34)24-19-30-14-15-31-24/h8-11,21,23-24,30-31H,2-7,12-19H2,1H3,(H,32,34)/t23-,24-/m1/s1. The van der Waals surface area contributed by atoms with Gasteiger partial charge in [-0.3, -0.25) is 14.4 Å². The van der Waals surface area contributed by atoms with Crippen LogP contribution in [0.15, 0.2) is 24.3 Å². The summed E-state index contributed by atoms with van der Waals surface area (Å²) in [7, 11) is 0. The summed E-state index contributed by atoms with van der Waals surface area (Å²) in [6.07, 6.45) is 6.94. The van der Waals surface area contributed by atoms with Crippen LogP contribution in [0, 0.1) is 17.2 Å². The van der Waals surface area contributed by atoms with Gasteiger partial charge in [-0.15, -0.1) is 0 Å². The molecule has 2 saturated heterocycles. The molecule has 3 aliphatic rings. The molecule has 1 aromatic rings. The maximum atomic E-state index is 13.8. The Bertz CT molecular complexity index is 921. The van der Waals surface area contributed by atoms with Crippen LogP contribution in [0.25, 0.3) is 0 Å². The number of amides is 2. The van der Waals surface area contributed by atoms with E-state index >= 15 is 0 Å². The second-order valence-corrected chi connectivity index (χ2v) is 10.6. The van der Waals surface area contributed by atoms with Crippen molar-refractivity contribution in [3.8, 4) is 0 Å². The first-order valence-corrected chi connectivity index (χ1v) is 13.9. The van der Waals surface area contributed by atoms with Crippen molar-refractivity contribution < 1.29 is 23.5 Å². The third-order valence-corrected chi connectivity index (χ3v) is 8.36. The van der Waals surface area contributed by atoms with E-state index in [0.29, 0.717) is 45.6 Å². The molecule has 204 valence electrons. The number of likely N-dealkylation sites (tertiary alicyclic amines) is 1. The molecule has 2 aliphatic heterocycles. The fourth-order valence-corrected chi connectivity index (χ4v) is 6.22. The van der Waals surface area contributed by atoms with Gasteiger partial charge in [0.05, 0.1) is 18.1 Å². The summed E-state index contributed by atoms with van der Waals surface area (Å²) >= 11 is 0. The van der Waals surface area contributed by atoms with Crippen LogP contribution in [-0.4, -0.2) is 74.1 Å². The Hall–Kier alpha value is -2.52. The van der Waals surface area contributed by atoms with Crippen molar-refractivity contribution in [1.82, 2.24) is 20.9 Å². The quantitative estimate of drug-likeness (QED) is 0.458. The van der Waals surface area contributed by atoms with Gasteiger partial charge in [-0.25, -0.2) is 4.39 Å². The van der Waals surface area contributed by atoms with Crippen molar-refractivity contribution >= 4 is 17.8 Å². The van der Waals surface area contributed by atoms with Gasteiger partial charge in [-0.05, 0) is 56.2 Å². The first-order chi connectivity index (χ1) is 17.9. The van der Waals surface area contributed by atoms with Crippen molar-refractivity contribution in [2.45, 2.75) is 70.4 Å². The minimum absolute atomic E-state index is 0.124. The molecule has 0 aromatic heterocycles. The minimum atomic E-state index is -0.772. The summed E-state index contributed by atoms with van der Waals surface area (Å²) in [5.41, 5.74) is 0.232. The number of benzene rings is 1. The fourth-order valence-electron chi connectivity index (χ4n) is 6.22. The number of piperazine rings is 1. The highest BCUT2D eigenvalue weighted by Gasteiger charge is 2.49. The molecular formula is C28H41FN4O4. The lowest BCUT2D eigenvalue weighted by molar-refractivity contribution is -0.166. The number of halogens is 1. The van der Waals surface area contributed by atoms with Crippen LogP contribution in [0.5, 0.6) is 0 Å². The molecule has 3 N–H and O–H groups in total. The summed E-state index contributed by atoms with van der Waals surface area (Å²) in [5.74, 6) is -0.573. The average molecular weight is 517 g/mol. The third-order valence-electron chi connectivity index (χ3n) is 8.36. The number of piperidine rings is 1. The molecule has 8 nitrogen and oxygen atoms in total. The molecule has 1 aliphatic carbocycles. The van der Waals surface area contributed by atoms with Crippen LogP contribution in [0.3, 0.4) is 0 Å². The van der Waals surface area contributed by atoms with E-state index in [0.717, 1.165) is 37.8 Å². The van der Waals surface area contributed by atoms with Crippen LogP contribution < -0.4 is 16.0 Å². The normalized spacial score (nSPS) is 23.2. The Morgan fingerprint density at radius 2 is 1.81 bits per heavy atom. The summed E-state index contributed by atoms with van der Waals surface area (Å²) < 4.78 is 19.0. The van der Waals surface area contributed by atoms with Gasteiger partial charge < -0.3 is 25.6 Å². The third kappa shape index (κ3) is 6.68. The predicted octanol–water partition coefficient (Wildman–Crippen LogP) is 2.17. The Labute approximate surface area is 219 Å². The molecule has 2 amide bonds. The summed E-state index contributed by atoms with van der Waals surface area (Å²) in [6.45, 7) is 5.06. The average Bonchev–Trinajstić information content (AvgIpc) is 2.94. The van der Waals surface area contributed by atoms with E-state index in [-0.39, 0.29) is 35.9 Å². The van der Waals surface area contributed by atoms with E-state index in [4.69, 9.17) is 4.74 Å². The molecule has 4 rings (SSSR count). The van der Waals surface area contributed by atoms with Crippen LogP contribution in [0.2, 0.25) is 0 Å². The molecule has 0 radical (unpaired) electrons. The summed E-state index contributed by atoms with van der Waals surface area (Å²) in [5, 5.41) is 9.34. The lowest BCUT2D eigenvalue weighted by atomic mass is 9.63. The number of hydrogen-bond acceptors (Lipinski definition) is 6. The van der Waals surface area contributed by atoms with E-state index in [1.54, 1.807) is 17.0 Å². The van der Waals surface area contributed by atoms with Gasteiger partial charge in [0.1, 0.15) is 11.9 Å². The molecule has 0 bridgehead atoms. The maximum Gasteiger partial charge on any atom is 0.312 e. The van der Waals surface area contributed by atoms with Gasteiger partial charge in [0.25, 0.3) is 0 Å². The van der Waals surface area contributed by atoms with Crippen LogP contribution >= 0.6 is 0 Å². The molecule has 2 heterocycles. The highest BCUT2D eigenvalue weighted by atomic mass is 19.1. The van der Waals surface area contributed by atoms with Gasteiger partial charge in [-0.2, -0.15) is 0 Å². The molecule has 1 saturated carbocycles. The predicted molar refractivity (Wildman–Crippen MR) is 138 cm³/mol. The minimum Gasteiger partial charge on any atom is -0.466 e. The smallest absolute Gasteiger partial charge is 0.312 e. The molecule has 3 fully saturated rings. The molecule has 1 aromatic carbocycles. The first-order valence-electron chi connectivity index (χ1n) is 13.9. The van der Waals surface area contributed by atoms with E-state index in [2.05, 4.69) is 16.0 Å². The van der Waals surface area contributed by atoms with Gasteiger partial charge in [0, 0.05) is 39.1 Å². The Kier molecular flexibility index (Phi) is 9.54. The zero-order valence-corrected chi connectivity index (χ0v) is 21.9. The van der Waals surface area contributed by atoms with Gasteiger partial charge in [-0.1, -0.05) is 31.4 Å². The van der Waals surface area contributed by atoms with E-state index in [1.807, 2.05) is 6.92 Å². The number of carbonyl (C=O) groups is 3. The van der Waals surface area contributed by atoms with Crippen molar-refractivity contribution in [3.63, 3.8) is 0 Å². The Morgan fingerprint density at radius 3 is 2.43 bits per heavy atom. The maximum absolute atomic E-state index is 13.8. The molecule has 0 spiro atoms. The SMILES string of the molecule is CCOC(=O)C1(C2CCCCC2)CCN(C(=O)[C@@H](Cc2ccc(F)cc2)NC(=O)[C@H]2CNCCN2)CC1. The van der Waals surface area contributed by atoms with Gasteiger partial charge >= 0.3 is 5.97 Å². The molecular weight excluding hydrogens is 475 g/mol. The number of ether oxygens (including phenoxy) is 1. The van der Waals surface area contributed by atoms with Crippen LogP contribution in [0.1, 0.15) is 57.4 Å². The second kappa shape index (κ2) is 12.8. The highest BCUT2D eigenvalue weighted by molar-refractivity contribution is 5.90. The Morgan fingerprint density at radius 1 is 1.11 bits per heavy atom. The van der Waals surface area contributed by atoms with E-state index in [9.17, 15) is 18.8 Å². The summed E-state index contributed by atoms with van der Waals surface area (Å²) in [4.78, 5) is 41.7. The van der Waals surface area contributed by atoms with Gasteiger partial charge in [0.15, 0.2) is 0 Å². The number of hydrogen-bond donors (Lipinski definition) is 3. The molecule has 9 heteroatoms. The first kappa shape index (κ1) is 27.5. The van der Waals surface area contributed by atoms with Crippen LogP contribution in [0.4, 0.5) is 4.39 Å². The van der Waals surface area contributed by atoms with Crippen molar-refractivity contribution in [1.29, 1.82) is 0 Å². The number of nitrogens with zero attached hydrogens (tertiary/aromatic N) is 1. The number of nitrogens with one attached hydrogen (secondary N) is 3. The van der Waals surface area contributed by atoms with Crippen LogP contribution in [-0.2, 0) is 25.5 Å². The van der Waals surface area contributed by atoms with E-state index < -0.39 is 17.5 Å². The zero-order chi connectivity index (χ0) is 26.3. The van der Waals surface area contributed by atoms with Gasteiger partial charge in [0.2, 0.25) is 11.8 Å². The number of rotatable bonds is 8. The van der Waals surface area contributed by atoms with Crippen molar-refractivity contribution in [2.24, 2.45) is 11.3 Å². The zero-order valence-electron chi connectivity index (χ0n) is 21.9. The van der Waals surface area contributed by atoms with Crippen molar-refractivity contribution in [2.75, 3.05) is 39.3 Å². The number of carbonyl (C=O) groups excluding carboxylic acids is 3. The Balaban J connectivity index is 1.47. The summed E-state index contributed by atoms with van der Waals surface area (Å²) in [6, 6.07) is 4.84. The largest absolute Gasteiger partial charge is 0.466 e. The lowest BCUT2D eigenvalue weighted by Crippen LogP contribution is -2.60. The highest BCUT2D eigenvalue weighted by Crippen LogP contribution is 2.46. The molecule has 0 unspecified atom stereocenters. The van der Waals surface area contributed by atoms with E-state index in [1.165, 1.54) is 18.6 Å². The molecule has 37 heavy (non-hydrogen) atoms. The topological polar surface area (TPSA) is 99.8 Å². The second-order valence-electron chi connectivity index (χ2n) is 10.6.